The molecule has 3 rings (SSSR count). The number of aryl methyl sites for hydroxylation is 1. The Morgan fingerprint density at radius 3 is 2.62 bits per heavy atom. The lowest BCUT2D eigenvalue weighted by atomic mass is 9.94. The van der Waals surface area contributed by atoms with Gasteiger partial charge in [0.15, 0.2) is 0 Å². The normalized spacial score (nSPS) is 19.5. The van der Waals surface area contributed by atoms with Crippen molar-refractivity contribution >= 4 is 11.9 Å². The minimum atomic E-state index is -1.24. The first kappa shape index (κ1) is 16.1. The molecule has 1 N–H and O–H groups in total. The SMILES string of the molecule is COC(=O)[C@]1(CCc2ccccc2)CNC(=O)c2ccccc2O1. The Morgan fingerprint density at radius 2 is 1.88 bits per heavy atom. The largest absolute Gasteiger partial charge is 0.473 e. The standard InChI is InChI=1S/C19H19NO4/c1-23-18(22)19(12-11-14-7-3-2-4-8-14)13-20-17(21)15-9-5-6-10-16(15)24-19/h2-10H,11-13H2,1H3,(H,20,21)/t19-/m0/s1. The molecule has 2 aromatic carbocycles. The van der Waals surface area contributed by atoms with E-state index < -0.39 is 11.6 Å². The highest BCUT2D eigenvalue weighted by Crippen LogP contribution is 2.30. The summed E-state index contributed by atoms with van der Waals surface area (Å²) in [6.45, 7) is 0.0695. The highest BCUT2D eigenvalue weighted by atomic mass is 16.6. The fourth-order valence-corrected chi connectivity index (χ4v) is 2.84. The predicted octanol–water partition coefficient (Wildman–Crippen LogP) is 2.35. The van der Waals surface area contributed by atoms with E-state index in [-0.39, 0.29) is 12.5 Å². The van der Waals surface area contributed by atoms with Crippen molar-refractivity contribution in [1.29, 1.82) is 0 Å². The maximum absolute atomic E-state index is 12.5. The molecule has 0 saturated carbocycles. The first-order valence-electron chi connectivity index (χ1n) is 7.83. The van der Waals surface area contributed by atoms with Gasteiger partial charge in [0.2, 0.25) is 5.60 Å². The summed E-state index contributed by atoms with van der Waals surface area (Å²) in [7, 11) is 1.33. The van der Waals surface area contributed by atoms with Crippen LogP contribution < -0.4 is 10.1 Å². The van der Waals surface area contributed by atoms with Crippen LogP contribution in [0.4, 0.5) is 0 Å². The molecule has 0 saturated heterocycles. The van der Waals surface area contributed by atoms with Crippen molar-refractivity contribution in [3.63, 3.8) is 0 Å². The molecule has 1 aliphatic heterocycles. The van der Waals surface area contributed by atoms with Crippen molar-refractivity contribution in [2.24, 2.45) is 0 Å². The second-order valence-corrected chi connectivity index (χ2v) is 5.75. The Kier molecular flexibility index (Phi) is 4.51. The zero-order chi connectivity index (χ0) is 17.0. The summed E-state index contributed by atoms with van der Waals surface area (Å²) < 4.78 is 11.0. The molecule has 1 aliphatic rings. The van der Waals surface area contributed by atoms with E-state index in [4.69, 9.17) is 9.47 Å². The molecule has 1 heterocycles. The first-order valence-corrected chi connectivity index (χ1v) is 7.83. The number of nitrogens with one attached hydrogen (secondary N) is 1. The summed E-state index contributed by atoms with van der Waals surface area (Å²) in [5.74, 6) is -0.350. The topological polar surface area (TPSA) is 64.6 Å². The van der Waals surface area contributed by atoms with Crippen LogP contribution in [0, 0.1) is 0 Å². The van der Waals surface area contributed by atoms with E-state index in [0.29, 0.717) is 24.2 Å². The quantitative estimate of drug-likeness (QED) is 0.877. The lowest BCUT2D eigenvalue weighted by molar-refractivity contribution is -0.159. The molecule has 1 amide bonds. The molecular weight excluding hydrogens is 306 g/mol. The maximum atomic E-state index is 12.5. The van der Waals surface area contributed by atoms with Crippen LogP contribution in [0.1, 0.15) is 22.3 Å². The van der Waals surface area contributed by atoms with Crippen LogP contribution in [0.3, 0.4) is 0 Å². The van der Waals surface area contributed by atoms with Crippen LogP contribution in [0.2, 0.25) is 0 Å². The van der Waals surface area contributed by atoms with E-state index in [2.05, 4.69) is 5.32 Å². The highest BCUT2D eigenvalue weighted by Gasteiger charge is 2.44. The third kappa shape index (κ3) is 3.11. The molecule has 5 heteroatoms. The van der Waals surface area contributed by atoms with Gasteiger partial charge in [-0.3, -0.25) is 4.79 Å². The number of hydrogen-bond donors (Lipinski definition) is 1. The molecule has 0 bridgehead atoms. The van der Waals surface area contributed by atoms with E-state index in [1.165, 1.54) is 7.11 Å². The van der Waals surface area contributed by atoms with Crippen molar-refractivity contribution < 1.29 is 19.1 Å². The number of amides is 1. The van der Waals surface area contributed by atoms with Crippen molar-refractivity contribution in [3.8, 4) is 5.75 Å². The van der Waals surface area contributed by atoms with E-state index in [1.54, 1.807) is 24.3 Å². The molecule has 24 heavy (non-hydrogen) atoms. The van der Waals surface area contributed by atoms with Crippen LogP contribution in [-0.2, 0) is 16.0 Å². The number of carbonyl (C=O) groups is 2. The van der Waals surface area contributed by atoms with Crippen molar-refractivity contribution in [2.75, 3.05) is 13.7 Å². The van der Waals surface area contributed by atoms with E-state index in [1.807, 2.05) is 30.3 Å². The minimum Gasteiger partial charge on any atom is -0.473 e. The van der Waals surface area contributed by atoms with Crippen LogP contribution in [0.15, 0.2) is 54.6 Å². The van der Waals surface area contributed by atoms with Gasteiger partial charge in [0.1, 0.15) is 5.75 Å². The number of methoxy groups -OCH3 is 1. The van der Waals surface area contributed by atoms with Gasteiger partial charge in [0.25, 0.3) is 5.91 Å². The summed E-state index contributed by atoms with van der Waals surface area (Å²) in [6, 6.07) is 16.7. The number of ether oxygens (including phenoxy) is 2. The van der Waals surface area contributed by atoms with Gasteiger partial charge in [0, 0.05) is 6.42 Å². The van der Waals surface area contributed by atoms with Crippen LogP contribution in [-0.4, -0.2) is 31.1 Å². The summed E-state index contributed by atoms with van der Waals surface area (Å²) in [5.41, 5.74) is 0.267. The molecule has 0 radical (unpaired) electrons. The minimum absolute atomic E-state index is 0.0695. The van der Waals surface area contributed by atoms with Crippen LogP contribution in [0.25, 0.3) is 0 Å². The lowest BCUT2D eigenvalue weighted by Gasteiger charge is -2.30. The van der Waals surface area contributed by atoms with Gasteiger partial charge in [-0.2, -0.15) is 0 Å². The summed E-state index contributed by atoms with van der Waals surface area (Å²) in [4.78, 5) is 24.7. The summed E-state index contributed by atoms with van der Waals surface area (Å²) >= 11 is 0. The molecular formula is C19H19NO4. The molecule has 0 unspecified atom stereocenters. The molecule has 0 fully saturated rings. The summed E-state index contributed by atoms with van der Waals surface area (Å²) in [6.07, 6.45) is 1.03. The van der Waals surface area contributed by atoms with Crippen LogP contribution >= 0.6 is 0 Å². The predicted molar refractivity (Wildman–Crippen MR) is 88.9 cm³/mol. The Balaban J connectivity index is 1.91. The van der Waals surface area contributed by atoms with Gasteiger partial charge in [-0.1, -0.05) is 42.5 Å². The molecule has 1 atom stereocenters. The van der Waals surface area contributed by atoms with Gasteiger partial charge in [-0.05, 0) is 24.1 Å². The molecule has 0 aromatic heterocycles. The fourth-order valence-electron chi connectivity index (χ4n) is 2.84. The number of benzene rings is 2. The second kappa shape index (κ2) is 6.74. The van der Waals surface area contributed by atoms with E-state index in [9.17, 15) is 9.59 Å². The zero-order valence-corrected chi connectivity index (χ0v) is 13.5. The molecule has 0 spiro atoms. The van der Waals surface area contributed by atoms with Gasteiger partial charge in [0.05, 0.1) is 19.2 Å². The Morgan fingerprint density at radius 1 is 1.17 bits per heavy atom. The number of carbonyl (C=O) groups excluding carboxylic acids is 2. The van der Waals surface area contributed by atoms with Crippen LogP contribution in [0.5, 0.6) is 5.75 Å². The molecule has 0 aliphatic carbocycles. The number of hydrogen-bond acceptors (Lipinski definition) is 4. The Bertz CT molecular complexity index is 744. The van der Waals surface area contributed by atoms with Crippen molar-refractivity contribution in [2.45, 2.75) is 18.4 Å². The first-order chi connectivity index (χ1) is 11.6. The van der Waals surface area contributed by atoms with E-state index >= 15 is 0 Å². The number of fused-ring (bicyclic) bond motifs is 1. The lowest BCUT2D eigenvalue weighted by Crippen LogP contribution is -2.52. The molecule has 124 valence electrons. The van der Waals surface area contributed by atoms with E-state index in [0.717, 1.165) is 5.56 Å². The van der Waals surface area contributed by atoms with Gasteiger partial charge in [-0.25, -0.2) is 4.79 Å². The third-order valence-electron chi connectivity index (χ3n) is 4.19. The Labute approximate surface area is 140 Å². The molecule has 2 aromatic rings. The summed E-state index contributed by atoms with van der Waals surface area (Å²) in [5, 5.41) is 2.78. The highest BCUT2D eigenvalue weighted by molar-refractivity contribution is 5.98. The number of para-hydroxylation sites is 1. The average Bonchev–Trinajstić information content (AvgIpc) is 2.78. The smallest absolute Gasteiger partial charge is 0.352 e. The van der Waals surface area contributed by atoms with Crippen molar-refractivity contribution in [3.05, 3.63) is 65.7 Å². The van der Waals surface area contributed by atoms with Gasteiger partial charge < -0.3 is 14.8 Å². The zero-order valence-electron chi connectivity index (χ0n) is 13.5. The monoisotopic (exact) mass is 325 g/mol. The molecule has 5 nitrogen and oxygen atoms in total. The Hall–Kier alpha value is -2.82. The fraction of sp³-hybridized carbons (Fsp3) is 0.263. The van der Waals surface area contributed by atoms with Gasteiger partial charge in [-0.15, -0.1) is 0 Å². The second-order valence-electron chi connectivity index (χ2n) is 5.75. The number of rotatable bonds is 4. The average molecular weight is 325 g/mol. The third-order valence-corrected chi connectivity index (χ3v) is 4.19. The number of esters is 1. The van der Waals surface area contributed by atoms with Gasteiger partial charge >= 0.3 is 5.97 Å². The maximum Gasteiger partial charge on any atom is 0.352 e. The van der Waals surface area contributed by atoms with Crippen molar-refractivity contribution in [1.82, 2.24) is 5.32 Å².